The molecule has 1 amide bonds. The second-order valence-electron chi connectivity index (χ2n) is 5.20. The zero-order chi connectivity index (χ0) is 14.5. The molecule has 5 heteroatoms. The fourth-order valence-electron chi connectivity index (χ4n) is 2.38. The first-order chi connectivity index (χ1) is 9.58. The number of rotatable bonds is 4. The highest BCUT2D eigenvalue weighted by Crippen LogP contribution is 2.27. The van der Waals surface area contributed by atoms with Gasteiger partial charge >= 0.3 is 0 Å². The zero-order valence-electron chi connectivity index (χ0n) is 11.8. The number of ether oxygens (including phenoxy) is 1. The number of carbonyl (C=O) groups is 1. The van der Waals surface area contributed by atoms with Gasteiger partial charge in [-0.1, -0.05) is 22.0 Å². The van der Waals surface area contributed by atoms with Crippen LogP contribution in [0.5, 0.6) is 5.75 Å². The molecular formula is C15H21BrN2O2. The minimum atomic E-state index is -0.122. The van der Waals surface area contributed by atoms with E-state index in [9.17, 15) is 4.79 Å². The van der Waals surface area contributed by atoms with E-state index in [2.05, 4.69) is 15.9 Å². The van der Waals surface area contributed by atoms with Gasteiger partial charge in [-0.25, -0.2) is 0 Å². The van der Waals surface area contributed by atoms with Crippen LogP contribution in [-0.2, 0) is 4.79 Å². The first-order valence-electron chi connectivity index (χ1n) is 7.03. The summed E-state index contributed by atoms with van der Waals surface area (Å²) in [7, 11) is 0. The van der Waals surface area contributed by atoms with E-state index in [4.69, 9.17) is 10.5 Å². The van der Waals surface area contributed by atoms with Crippen molar-refractivity contribution in [1.82, 2.24) is 4.90 Å². The molecule has 1 aliphatic rings. The van der Waals surface area contributed by atoms with E-state index in [-0.39, 0.29) is 18.6 Å². The third kappa shape index (κ3) is 3.96. The van der Waals surface area contributed by atoms with Crippen LogP contribution in [-0.4, -0.2) is 30.5 Å². The lowest BCUT2D eigenvalue weighted by Gasteiger charge is -2.26. The normalized spacial score (nSPS) is 16.9. The summed E-state index contributed by atoms with van der Waals surface area (Å²) in [6.07, 6.45) is 3.40. The molecule has 1 heterocycles. The van der Waals surface area contributed by atoms with Crippen molar-refractivity contribution in [3.63, 3.8) is 0 Å². The average Bonchev–Trinajstić information content (AvgIpc) is 2.45. The lowest BCUT2D eigenvalue weighted by atomic mass is 10.1. The van der Waals surface area contributed by atoms with Gasteiger partial charge in [0.1, 0.15) is 5.75 Å². The molecule has 2 N–H and O–H groups in total. The van der Waals surface area contributed by atoms with Crippen LogP contribution in [0.15, 0.2) is 22.7 Å². The highest BCUT2D eigenvalue weighted by Gasteiger charge is 2.18. The smallest absolute Gasteiger partial charge is 0.260 e. The van der Waals surface area contributed by atoms with Gasteiger partial charge in [0.25, 0.3) is 5.91 Å². The predicted molar refractivity (Wildman–Crippen MR) is 82.7 cm³/mol. The minimum Gasteiger partial charge on any atom is -0.483 e. The fraction of sp³-hybridized carbons (Fsp3) is 0.533. The van der Waals surface area contributed by atoms with Crippen molar-refractivity contribution in [1.29, 1.82) is 0 Å². The Hall–Kier alpha value is -1.07. The standard InChI is InChI=1S/C15H21BrN2O2/c1-11(17)13-6-5-12(16)9-14(13)20-10-15(19)18-7-3-2-4-8-18/h5-6,9,11H,2-4,7-8,10,17H2,1H3/t11-/m1/s1. The van der Waals surface area contributed by atoms with Crippen LogP contribution in [0.3, 0.4) is 0 Å². The monoisotopic (exact) mass is 340 g/mol. The summed E-state index contributed by atoms with van der Waals surface area (Å²) in [5, 5.41) is 0. The van der Waals surface area contributed by atoms with Crippen molar-refractivity contribution < 1.29 is 9.53 Å². The van der Waals surface area contributed by atoms with Crippen molar-refractivity contribution in [2.75, 3.05) is 19.7 Å². The minimum absolute atomic E-state index is 0.0558. The van der Waals surface area contributed by atoms with Crippen molar-refractivity contribution in [3.05, 3.63) is 28.2 Å². The maximum atomic E-state index is 12.1. The SMILES string of the molecule is C[C@@H](N)c1ccc(Br)cc1OCC(=O)N1CCCCC1. The lowest BCUT2D eigenvalue weighted by molar-refractivity contribution is -0.134. The summed E-state index contributed by atoms with van der Waals surface area (Å²) in [5.41, 5.74) is 6.84. The van der Waals surface area contributed by atoms with Crippen LogP contribution in [0.1, 0.15) is 37.8 Å². The number of carbonyl (C=O) groups excluding carboxylic acids is 1. The van der Waals surface area contributed by atoms with Gasteiger partial charge in [-0.15, -0.1) is 0 Å². The van der Waals surface area contributed by atoms with Gasteiger partial charge in [0.2, 0.25) is 0 Å². The van der Waals surface area contributed by atoms with Crippen molar-refractivity contribution in [2.24, 2.45) is 5.73 Å². The summed E-state index contributed by atoms with van der Waals surface area (Å²) in [6.45, 7) is 3.68. The third-order valence-electron chi connectivity index (χ3n) is 3.53. The number of amides is 1. The summed E-state index contributed by atoms with van der Waals surface area (Å²) in [5.74, 6) is 0.736. The number of piperidine rings is 1. The van der Waals surface area contributed by atoms with Crippen molar-refractivity contribution in [3.8, 4) is 5.75 Å². The number of hydrogen-bond acceptors (Lipinski definition) is 3. The molecule has 1 saturated heterocycles. The number of likely N-dealkylation sites (tertiary alicyclic amines) is 1. The van der Waals surface area contributed by atoms with Gasteiger partial charge in [0.05, 0.1) is 0 Å². The van der Waals surface area contributed by atoms with E-state index in [1.807, 2.05) is 30.0 Å². The summed E-state index contributed by atoms with van der Waals surface area (Å²) in [4.78, 5) is 14.0. The van der Waals surface area contributed by atoms with Gasteiger partial charge in [0, 0.05) is 29.2 Å². The summed E-state index contributed by atoms with van der Waals surface area (Å²) >= 11 is 3.41. The Morgan fingerprint density at radius 1 is 1.40 bits per heavy atom. The Morgan fingerprint density at radius 2 is 2.10 bits per heavy atom. The molecule has 0 aliphatic carbocycles. The molecule has 1 aliphatic heterocycles. The molecule has 2 rings (SSSR count). The van der Waals surface area contributed by atoms with Gasteiger partial charge in [-0.3, -0.25) is 4.79 Å². The Balaban J connectivity index is 1.99. The Bertz CT molecular complexity index is 471. The molecule has 0 aromatic heterocycles. The van der Waals surface area contributed by atoms with Crippen LogP contribution in [0, 0.1) is 0 Å². The quantitative estimate of drug-likeness (QED) is 0.916. The molecule has 0 spiro atoms. The van der Waals surface area contributed by atoms with Gasteiger partial charge < -0.3 is 15.4 Å². The van der Waals surface area contributed by atoms with Crippen LogP contribution in [0.4, 0.5) is 0 Å². The molecule has 1 atom stereocenters. The topological polar surface area (TPSA) is 55.6 Å². The molecule has 1 fully saturated rings. The van der Waals surface area contributed by atoms with E-state index < -0.39 is 0 Å². The average molecular weight is 341 g/mol. The molecule has 20 heavy (non-hydrogen) atoms. The maximum Gasteiger partial charge on any atom is 0.260 e. The van der Waals surface area contributed by atoms with Gasteiger partial charge in [0.15, 0.2) is 6.61 Å². The summed E-state index contributed by atoms with van der Waals surface area (Å²) < 4.78 is 6.61. The Morgan fingerprint density at radius 3 is 2.75 bits per heavy atom. The summed E-state index contributed by atoms with van der Waals surface area (Å²) in [6, 6.07) is 5.60. The van der Waals surface area contributed by atoms with E-state index in [0.29, 0.717) is 5.75 Å². The molecule has 110 valence electrons. The van der Waals surface area contributed by atoms with E-state index >= 15 is 0 Å². The first kappa shape index (κ1) is 15.3. The lowest BCUT2D eigenvalue weighted by Crippen LogP contribution is -2.38. The molecule has 1 aromatic rings. The van der Waals surface area contributed by atoms with Crippen LogP contribution in [0.2, 0.25) is 0 Å². The van der Waals surface area contributed by atoms with Crippen molar-refractivity contribution >= 4 is 21.8 Å². The predicted octanol–water partition coefficient (Wildman–Crippen LogP) is 2.86. The van der Waals surface area contributed by atoms with Gasteiger partial charge in [-0.05, 0) is 38.3 Å². The second-order valence-corrected chi connectivity index (χ2v) is 6.12. The zero-order valence-corrected chi connectivity index (χ0v) is 13.4. The van der Waals surface area contributed by atoms with E-state index in [1.165, 1.54) is 6.42 Å². The van der Waals surface area contributed by atoms with Gasteiger partial charge in [-0.2, -0.15) is 0 Å². The second kappa shape index (κ2) is 7.09. The largest absolute Gasteiger partial charge is 0.483 e. The van der Waals surface area contributed by atoms with E-state index in [0.717, 1.165) is 36.0 Å². The first-order valence-corrected chi connectivity index (χ1v) is 7.83. The number of benzene rings is 1. The molecular weight excluding hydrogens is 320 g/mol. The maximum absolute atomic E-state index is 12.1. The highest BCUT2D eigenvalue weighted by atomic mass is 79.9. The van der Waals surface area contributed by atoms with Crippen LogP contribution >= 0.6 is 15.9 Å². The number of hydrogen-bond donors (Lipinski definition) is 1. The molecule has 4 nitrogen and oxygen atoms in total. The van der Waals surface area contributed by atoms with Crippen molar-refractivity contribution in [2.45, 2.75) is 32.2 Å². The molecule has 1 aromatic carbocycles. The molecule has 0 saturated carbocycles. The number of halogens is 1. The molecule has 0 radical (unpaired) electrons. The third-order valence-corrected chi connectivity index (χ3v) is 4.02. The molecule has 0 unspecified atom stereocenters. The Labute approximate surface area is 128 Å². The number of nitrogens with two attached hydrogens (primary N) is 1. The van der Waals surface area contributed by atoms with E-state index in [1.54, 1.807) is 0 Å². The molecule has 0 bridgehead atoms. The van der Waals surface area contributed by atoms with Crippen LogP contribution in [0.25, 0.3) is 0 Å². The Kier molecular flexibility index (Phi) is 5.43. The fourth-order valence-corrected chi connectivity index (χ4v) is 2.72. The highest BCUT2D eigenvalue weighted by molar-refractivity contribution is 9.10. The van der Waals surface area contributed by atoms with Crippen LogP contribution < -0.4 is 10.5 Å². The number of nitrogens with zero attached hydrogens (tertiary/aromatic N) is 1.